The van der Waals surface area contributed by atoms with Gasteiger partial charge in [0.2, 0.25) is 5.91 Å². The molecule has 1 aliphatic rings. The second-order valence-electron chi connectivity index (χ2n) is 5.36. The standard InChI is InChI=1S/C16H23N3O3/c1-3-22-16(21)19-10-8-15(9-11-19)18-14-6-4-13(5-7-14)17-12(2)20/h4-7,15,18H,3,8-11H2,1-2H3,(H,17,20). The van der Waals surface area contributed by atoms with Crippen LogP contribution in [0.5, 0.6) is 0 Å². The zero-order valence-electron chi connectivity index (χ0n) is 13.1. The van der Waals surface area contributed by atoms with E-state index >= 15 is 0 Å². The minimum Gasteiger partial charge on any atom is -0.450 e. The van der Waals surface area contributed by atoms with Crippen molar-refractivity contribution in [2.75, 3.05) is 30.3 Å². The summed E-state index contributed by atoms with van der Waals surface area (Å²) in [6.07, 6.45) is 1.57. The number of nitrogens with zero attached hydrogens (tertiary/aromatic N) is 1. The first kappa shape index (κ1) is 16.1. The lowest BCUT2D eigenvalue weighted by Gasteiger charge is -2.32. The van der Waals surface area contributed by atoms with Gasteiger partial charge in [0.25, 0.3) is 0 Å². The Morgan fingerprint density at radius 1 is 1.18 bits per heavy atom. The van der Waals surface area contributed by atoms with Crippen LogP contribution < -0.4 is 10.6 Å². The number of anilines is 2. The molecule has 0 unspecified atom stereocenters. The van der Waals surface area contributed by atoms with Gasteiger partial charge in [-0.15, -0.1) is 0 Å². The third kappa shape index (κ3) is 4.65. The molecule has 2 N–H and O–H groups in total. The quantitative estimate of drug-likeness (QED) is 0.897. The van der Waals surface area contributed by atoms with Crippen molar-refractivity contribution in [1.82, 2.24) is 4.90 Å². The van der Waals surface area contributed by atoms with Crippen LogP contribution in [0.2, 0.25) is 0 Å². The van der Waals surface area contributed by atoms with Crippen LogP contribution in [-0.4, -0.2) is 42.6 Å². The Labute approximate surface area is 130 Å². The molecule has 0 spiro atoms. The second-order valence-corrected chi connectivity index (χ2v) is 5.36. The Morgan fingerprint density at radius 2 is 1.77 bits per heavy atom. The highest BCUT2D eigenvalue weighted by molar-refractivity contribution is 5.88. The van der Waals surface area contributed by atoms with Crippen LogP contribution in [0.3, 0.4) is 0 Å². The molecule has 0 aromatic heterocycles. The molecule has 1 aromatic rings. The van der Waals surface area contributed by atoms with Crippen molar-refractivity contribution in [2.45, 2.75) is 32.7 Å². The number of hydrogen-bond donors (Lipinski definition) is 2. The van der Waals surface area contributed by atoms with E-state index in [2.05, 4.69) is 10.6 Å². The predicted molar refractivity (Wildman–Crippen MR) is 86.0 cm³/mol. The Bertz CT molecular complexity index is 508. The van der Waals surface area contributed by atoms with E-state index in [1.807, 2.05) is 31.2 Å². The van der Waals surface area contributed by atoms with Crippen LogP contribution in [-0.2, 0) is 9.53 Å². The third-order valence-corrected chi connectivity index (χ3v) is 3.60. The minimum atomic E-state index is -0.222. The maximum absolute atomic E-state index is 11.6. The summed E-state index contributed by atoms with van der Waals surface area (Å²) >= 11 is 0. The molecule has 2 rings (SSSR count). The summed E-state index contributed by atoms with van der Waals surface area (Å²) in [7, 11) is 0. The van der Waals surface area contributed by atoms with Crippen molar-refractivity contribution in [2.24, 2.45) is 0 Å². The van der Waals surface area contributed by atoms with Gasteiger partial charge in [0.1, 0.15) is 0 Å². The molecule has 120 valence electrons. The Hall–Kier alpha value is -2.24. The summed E-state index contributed by atoms with van der Waals surface area (Å²) in [4.78, 5) is 24.4. The maximum Gasteiger partial charge on any atom is 0.409 e. The predicted octanol–water partition coefficient (Wildman–Crippen LogP) is 2.68. The number of hydrogen-bond acceptors (Lipinski definition) is 4. The minimum absolute atomic E-state index is 0.0768. The first-order valence-corrected chi connectivity index (χ1v) is 7.64. The van der Waals surface area contributed by atoms with E-state index in [1.165, 1.54) is 6.92 Å². The van der Waals surface area contributed by atoms with E-state index in [0.29, 0.717) is 25.7 Å². The number of carbonyl (C=O) groups is 2. The molecule has 0 atom stereocenters. The first-order valence-electron chi connectivity index (χ1n) is 7.64. The van der Waals surface area contributed by atoms with Gasteiger partial charge < -0.3 is 20.3 Å². The lowest BCUT2D eigenvalue weighted by atomic mass is 10.0. The van der Waals surface area contributed by atoms with E-state index in [0.717, 1.165) is 24.2 Å². The first-order chi connectivity index (χ1) is 10.6. The van der Waals surface area contributed by atoms with E-state index < -0.39 is 0 Å². The topological polar surface area (TPSA) is 70.7 Å². The molecule has 0 bridgehead atoms. The molecule has 1 heterocycles. The SMILES string of the molecule is CCOC(=O)N1CCC(Nc2ccc(NC(C)=O)cc2)CC1. The summed E-state index contributed by atoms with van der Waals surface area (Å²) < 4.78 is 5.01. The fourth-order valence-electron chi connectivity index (χ4n) is 2.51. The smallest absolute Gasteiger partial charge is 0.409 e. The molecule has 1 saturated heterocycles. The van der Waals surface area contributed by atoms with E-state index in [-0.39, 0.29) is 12.0 Å². The molecule has 1 aromatic carbocycles. The van der Waals surface area contributed by atoms with Crippen molar-refractivity contribution in [3.8, 4) is 0 Å². The van der Waals surface area contributed by atoms with E-state index in [1.54, 1.807) is 4.90 Å². The van der Waals surface area contributed by atoms with Gasteiger partial charge in [0.15, 0.2) is 0 Å². The molecule has 6 nitrogen and oxygen atoms in total. The summed E-state index contributed by atoms with van der Waals surface area (Å²) in [5.74, 6) is -0.0768. The highest BCUT2D eigenvalue weighted by Gasteiger charge is 2.23. The van der Waals surface area contributed by atoms with Gasteiger partial charge in [-0.05, 0) is 44.0 Å². The van der Waals surface area contributed by atoms with E-state index in [4.69, 9.17) is 4.74 Å². The highest BCUT2D eigenvalue weighted by Crippen LogP contribution is 2.19. The second kappa shape index (κ2) is 7.68. The fourth-order valence-corrected chi connectivity index (χ4v) is 2.51. The normalized spacial score (nSPS) is 15.3. The fraction of sp³-hybridized carbons (Fsp3) is 0.500. The summed E-state index contributed by atoms with van der Waals surface area (Å²) in [5, 5.41) is 6.20. The molecule has 0 radical (unpaired) electrons. The van der Waals surface area contributed by atoms with Gasteiger partial charge in [0, 0.05) is 37.4 Å². The molecule has 22 heavy (non-hydrogen) atoms. The number of amides is 2. The van der Waals surface area contributed by atoms with Crippen LogP contribution in [0.4, 0.5) is 16.2 Å². The number of carbonyl (C=O) groups excluding carboxylic acids is 2. The zero-order chi connectivity index (χ0) is 15.9. The largest absolute Gasteiger partial charge is 0.450 e. The van der Waals surface area contributed by atoms with Crippen LogP contribution in [0.25, 0.3) is 0 Å². The third-order valence-electron chi connectivity index (χ3n) is 3.60. The van der Waals surface area contributed by atoms with Gasteiger partial charge in [-0.3, -0.25) is 4.79 Å². The molecule has 6 heteroatoms. The van der Waals surface area contributed by atoms with Crippen LogP contribution in [0.1, 0.15) is 26.7 Å². The molecule has 1 fully saturated rings. The molecule has 0 saturated carbocycles. The molecule has 1 aliphatic heterocycles. The number of ether oxygens (including phenoxy) is 1. The lowest BCUT2D eigenvalue weighted by molar-refractivity contribution is -0.114. The van der Waals surface area contributed by atoms with Gasteiger partial charge in [-0.1, -0.05) is 0 Å². The van der Waals surface area contributed by atoms with Crippen molar-refractivity contribution in [1.29, 1.82) is 0 Å². The number of nitrogens with one attached hydrogen (secondary N) is 2. The average molecular weight is 305 g/mol. The average Bonchev–Trinajstić information content (AvgIpc) is 2.50. The number of rotatable bonds is 4. The molecule has 0 aliphatic carbocycles. The van der Waals surface area contributed by atoms with Gasteiger partial charge in [-0.2, -0.15) is 0 Å². The Morgan fingerprint density at radius 3 is 2.32 bits per heavy atom. The number of piperidine rings is 1. The van der Waals surface area contributed by atoms with Crippen LogP contribution in [0.15, 0.2) is 24.3 Å². The van der Waals surface area contributed by atoms with E-state index in [9.17, 15) is 9.59 Å². The van der Waals surface area contributed by atoms with Crippen LogP contribution in [0, 0.1) is 0 Å². The molecule has 2 amide bonds. The van der Waals surface area contributed by atoms with Crippen molar-refractivity contribution in [3.63, 3.8) is 0 Å². The summed E-state index contributed by atoms with van der Waals surface area (Å²) in [5.41, 5.74) is 1.80. The monoisotopic (exact) mass is 305 g/mol. The summed E-state index contributed by atoms with van der Waals surface area (Å²) in [6, 6.07) is 7.98. The van der Waals surface area contributed by atoms with Gasteiger partial charge in [0.05, 0.1) is 6.61 Å². The van der Waals surface area contributed by atoms with Crippen LogP contribution >= 0.6 is 0 Å². The highest BCUT2D eigenvalue weighted by atomic mass is 16.6. The zero-order valence-corrected chi connectivity index (χ0v) is 13.1. The lowest BCUT2D eigenvalue weighted by Crippen LogP contribution is -2.42. The molecular weight excluding hydrogens is 282 g/mol. The summed E-state index contributed by atoms with van der Waals surface area (Å²) in [6.45, 7) is 5.14. The van der Waals surface area contributed by atoms with Gasteiger partial charge in [-0.25, -0.2) is 4.79 Å². The van der Waals surface area contributed by atoms with Gasteiger partial charge >= 0.3 is 6.09 Å². The number of likely N-dealkylation sites (tertiary alicyclic amines) is 1. The Kier molecular flexibility index (Phi) is 5.63. The maximum atomic E-state index is 11.6. The van der Waals surface area contributed by atoms with Crippen molar-refractivity contribution < 1.29 is 14.3 Å². The van der Waals surface area contributed by atoms with Crippen molar-refractivity contribution in [3.05, 3.63) is 24.3 Å². The molecular formula is C16H23N3O3. The number of benzene rings is 1. The van der Waals surface area contributed by atoms with Crippen molar-refractivity contribution >= 4 is 23.4 Å². The Balaban J connectivity index is 1.80.